The number of benzene rings is 6. The molecule has 0 saturated carbocycles. The van der Waals surface area contributed by atoms with Crippen LogP contribution in [0.15, 0.2) is 121 Å². The van der Waals surface area contributed by atoms with Crippen LogP contribution < -0.4 is 5.32 Å². The van der Waals surface area contributed by atoms with Crippen LogP contribution >= 0.6 is 0 Å². The molecule has 34 heavy (non-hydrogen) atoms. The first-order chi connectivity index (χ1) is 16.9. The average Bonchev–Trinajstić information content (AvgIpc) is 2.90. The smallest absolute Gasteiger partial charge is 0.0470 e. The number of rotatable bonds is 6. The summed E-state index contributed by atoms with van der Waals surface area (Å²) in [5.74, 6) is 0. The Bertz CT molecular complexity index is 1580. The van der Waals surface area contributed by atoms with E-state index in [0.717, 1.165) is 30.6 Å². The summed E-state index contributed by atoms with van der Waals surface area (Å²) in [6, 6.07) is 43.7. The molecule has 1 nitrogen and oxygen atoms in total. The zero-order valence-electron chi connectivity index (χ0n) is 19.2. The maximum absolute atomic E-state index is 3.67. The fourth-order valence-corrected chi connectivity index (χ4v) is 5.14. The van der Waals surface area contributed by atoms with Crippen LogP contribution in [0.25, 0.3) is 32.3 Å². The van der Waals surface area contributed by atoms with E-state index >= 15 is 0 Å². The quantitative estimate of drug-likeness (QED) is 0.256. The van der Waals surface area contributed by atoms with Crippen LogP contribution in [0.2, 0.25) is 0 Å². The third kappa shape index (κ3) is 3.91. The molecule has 0 unspecified atom stereocenters. The first-order valence-electron chi connectivity index (χ1n) is 12.1. The minimum Gasteiger partial charge on any atom is -0.355 e. The van der Waals surface area contributed by atoms with Crippen molar-refractivity contribution >= 4 is 43.7 Å². The van der Waals surface area contributed by atoms with Crippen LogP contribution in [-0.4, -0.2) is 0 Å². The fourth-order valence-electron chi connectivity index (χ4n) is 5.14. The Labute approximate surface area is 200 Å². The van der Waals surface area contributed by atoms with Gasteiger partial charge in [0.1, 0.15) is 0 Å². The van der Waals surface area contributed by atoms with Crippen molar-refractivity contribution in [3.8, 4) is 0 Å². The van der Waals surface area contributed by atoms with Crippen molar-refractivity contribution in [2.45, 2.75) is 19.3 Å². The highest BCUT2D eigenvalue weighted by Gasteiger charge is 2.12. The van der Waals surface area contributed by atoms with Crippen molar-refractivity contribution in [3.63, 3.8) is 0 Å². The Kier molecular flexibility index (Phi) is 5.45. The lowest BCUT2D eigenvalue weighted by atomic mass is 9.91. The molecule has 164 valence electrons. The van der Waals surface area contributed by atoms with Gasteiger partial charge in [-0.3, -0.25) is 0 Å². The first kappa shape index (κ1) is 20.5. The van der Waals surface area contributed by atoms with Crippen molar-refractivity contribution in [2.75, 3.05) is 5.32 Å². The van der Waals surface area contributed by atoms with Gasteiger partial charge in [0.2, 0.25) is 0 Å². The van der Waals surface area contributed by atoms with E-state index in [1.54, 1.807) is 0 Å². The van der Waals surface area contributed by atoms with Crippen LogP contribution in [0.5, 0.6) is 0 Å². The molecule has 6 aromatic rings. The first-order valence-corrected chi connectivity index (χ1v) is 12.1. The number of fused-ring (bicyclic) bond motifs is 5. The van der Waals surface area contributed by atoms with Gasteiger partial charge in [0.15, 0.2) is 0 Å². The summed E-state index contributed by atoms with van der Waals surface area (Å²) in [6.07, 6.45) is 3.32. The normalized spacial score (nSPS) is 11.3. The highest BCUT2D eigenvalue weighted by Crippen LogP contribution is 2.38. The molecule has 0 aliphatic carbocycles. The molecular formula is C33H27N. The molecule has 0 aliphatic heterocycles. The summed E-state index contributed by atoms with van der Waals surface area (Å²) in [5.41, 5.74) is 5.10. The number of anilines is 2. The monoisotopic (exact) mass is 437 g/mol. The zero-order valence-corrected chi connectivity index (χ0v) is 19.2. The molecule has 0 atom stereocenters. The number of aryl methyl sites for hydroxylation is 2. The molecule has 0 heterocycles. The van der Waals surface area contributed by atoms with Gasteiger partial charge in [-0.05, 0) is 81.6 Å². The Morgan fingerprint density at radius 1 is 0.441 bits per heavy atom. The van der Waals surface area contributed by atoms with Crippen molar-refractivity contribution in [1.29, 1.82) is 0 Å². The SMILES string of the molecule is c1ccc(CCCc2cc3c4ccccc4c(Nc4ccccc4)cc3c3ccccc23)cc1. The van der Waals surface area contributed by atoms with Crippen LogP contribution in [0, 0.1) is 0 Å². The lowest BCUT2D eigenvalue weighted by Crippen LogP contribution is -1.95. The maximum atomic E-state index is 3.67. The van der Waals surface area contributed by atoms with Crippen molar-refractivity contribution < 1.29 is 0 Å². The zero-order chi connectivity index (χ0) is 22.7. The number of hydrogen-bond acceptors (Lipinski definition) is 1. The molecule has 1 heteroatoms. The predicted molar refractivity (Wildman–Crippen MR) is 147 cm³/mol. The molecule has 0 aliphatic rings. The molecule has 0 bridgehead atoms. The van der Waals surface area contributed by atoms with E-state index in [9.17, 15) is 0 Å². The Morgan fingerprint density at radius 3 is 1.74 bits per heavy atom. The van der Waals surface area contributed by atoms with Crippen molar-refractivity contribution in [2.24, 2.45) is 0 Å². The minimum atomic E-state index is 1.07. The summed E-state index contributed by atoms with van der Waals surface area (Å²) < 4.78 is 0. The third-order valence-corrected chi connectivity index (χ3v) is 6.78. The lowest BCUT2D eigenvalue weighted by molar-refractivity contribution is 0.826. The second kappa shape index (κ2) is 9.03. The molecule has 6 rings (SSSR count). The van der Waals surface area contributed by atoms with Crippen molar-refractivity contribution in [1.82, 2.24) is 0 Å². The van der Waals surface area contributed by atoms with Gasteiger partial charge in [-0.1, -0.05) is 97.1 Å². The fraction of sp³-hybridized carbons (Fsp3) is 0.0909. The van der Waals surface area contributed by atoms with Crippen LogP contribution in [0.3, 0.4) is 0 Å². The van der Waals surface area contributed by atoms with Gasteiger partial charge in [0.05, 0.1) is 0 Å². The van der Waals surface area contributed by atoms with Gasteiger partial charge < -0.3 is 5.32 Å². The highest BCUT2D eigenvalue weighted by molar-refractivity contribution is 6.21. The lowest BCUT2D eigenvalue weighted by Gasteiger charge is -2.16. The number of hydrogen-bond donors (Lipinski definition) is 1. The summed E-state index contributed by atoms with van der Waals surface area (Å²) >= 11 is 0. The molecule has 0 fully saturated rings. The van der Waals surface area contributed by atoms with Gasteiger partial charge in [-0.2, -0.15) is 0 Å². The standard InChI is InChI=1S/C33H27N/c1-3-12-24(13-4-1)14-11-15-25-22-31-29-20-9-10-21-30(29)33(34-26-16-5-2-6-17-26)23-32(31)28-19-8-7-18-27(25)28/h1-10,12-13,16-23,34H,11,14-15H2. The summed E-state index contributed by atoms with van der Waals surface area (Å²) in [4.78, 5) is 0. The molecule has 0 amide bonds. The molecule has 0 aromatic heterocycles. The van der Waals surface area contributed by atoms with Crippen LogP contribution in [-0.2, 0) is 12.8 Å². The molecule has 0 saturated heterocycles. The second-order valence-corrected chi connectivity index (χ2v) is 8.98. The maximum Gasteiger partial charge on any atom is 0.0470 e. The Morgan fingerprint density at radius 2 is 1.00 bits per heavy atom. The van der Waals surface area contributed by atoms with E-state index in [-0.39, 0.29) is 0 Å². The Hall–Kier alpha value is -4.10. The van der Waals surface area contributed by atoms with E-state index < -0.39 is 0 Å². The molecular weight excluding hydrogens is 410 g/mol. The van der Waals surface area contributed by atoms with Gasteiger partial charge in [-0.15, -0.1) is 0 Å². The van der Waals surface area contributed by atoms with E-state index in [4.69, 9.17) is 0 Å². The molecule has 6 aromatic carbocycles. The van der Waals surface area contributed by atoms with Crippen LogP contribution in [0.4, 0.5) is 11.4 Å². The summed E-state index contributed by atoms with van der Waals surface area (Å²) in [7, 11) is 0. The minimum absolute atomic E-state index is 1.07. The molecule has 0 radical (unpaired) electrons. The third-order valence-electron chi connectivity index (χ3n) is 6.78. The highest BCUT2D eigenvalue weighted by atomic mass is 14.9. The van der Waals surface area contributed by atoms with E-state index in [1.807, 2.05) is 0 Å². The van der Waals surface area contributed by atoms with E-state index in [1.165, 1.54) is 43.4 Å². The number of nitrogens with one attached hydrogen (secondary N) is 1. The van der Waals surface area contributed by atoms with Gasteiger partial charge in [0, 0.05) is 16.8 Å². The second-order valence-electron chi connectivity index (χ2n) is 8.98. The predicted octanol–water partition coefficient (Wildman–Crippen LogP) is 9.07. The van der Waals surface area contributed by atoms with Gasteiger partial charge in [-0.25, -0.2) is 0 Å². The summed E-state index contributed by atoms with van der Waals surface area (Å²) in [6.45, 7) is 0. The molecule has 0 spiro atoms. The van der Waals surface area contributed by atoms with Crippen LogP contribution in [0.1, 0.15) is 17.5 Å². The van der Waals surface area contributed by atoms with E-state index in [0.29, 0.717) is 0 Å². The largest absolute Gasteiger partial charge is 0.355 e. The van der Waals surface area contributed by atoms with Gasteiger partial charge >= 0.3 is 0 Å². The average molecular weight is 438 g/mol. The Balaban J connectivity index is 1.49. The number of para-hydroxylation sites is 1. The molecule has 1 N–H and O–H groups in total. The summed E-state index contributed by atoms with van der Waals surface area (Å²) in [5, 5.41) is 11.6. The van der Waals surface area contributed by atoms with E-state index in [2.05, 4.69) is 127 Å². The van der Waals surface area contributed by atoms with Crippen molar-refractivity contribution in [3.05, 3.63) is 132 Å². The van der Waals surface area contributed by atoms with Gasteiger partial charge in [0.25, 0.3) is 0 Å². The topological polar surface area (TPSA) is 12.0 Å².